The highest BCUT2D eigenvalue weighted by atomic mass is 35.5. The normalized spacial score (nSPS) is 23.8. The second-order valence-electron chi connectivity index (χ2n) is 7.37. The van der Waals surface area contributed by atoms with Crippen molar-refractivity contribution in [2.75, 3.05) is 31.1 Å². The Morgan fingerprint density at radius 1 is 1.07 bits per heavy atom. The molecule has 2 aliphatic heterocycles. The summed E-state index contributed by atoms with van der Waals surface area (Å²) in [5, 5.41) is 0.734. The molecular formula is C21H22ClFN2O2. The highest BCUT2D eigenvalue weighted by Crippen LogP contribution is 2.32. The van der Waals surface area contributed by atoms with Gasteiger partial charge in [-0.25, -0.2) is 4.39 Å². The summed E-state index contributed by atoms with van der Waals surface area (Å²) in [6, 6.07) is 14.0. The van der Waals surface area contributed by atoms with Crippen LogP contribution in [0.2, 0.25) is 5.02 Å². The second-order valence-corrected chi connectivity index (χ2v) is 7.81. The van der Waals surface area contributed by atoms with E-state index >= 15 is 0 Å². The molecule has 2 saturated heterocycles. The van der Waals surface area contributed by atoms with Gasteiger partial charge in [-0.2, -0.15) is 0 Å². The van der Waals surface area contributed by atoms with E-state index in [2.05, 4.69) is 4.90 Å². The number of piperidine rings is 1. The first kappa shape index (κ1) is 18.4. The fourth-order valence-corrected chi connectivity index (χ4v) is 4.12. The molecule has 0 bridgehead atoms. The molecule has 4 rings (SSSR count). The van der Waals surface area contributed by atoms with E-state index in [1.807, 2.05) is 24.3 Å². The van der Waals surface area contributed by atoms with Crippen molar-refractivity contribution in [3.8, 4) is 0 Å². The van der Waals surface area contributed by atoms with Crippen molar-refractivity contribution in [2.24, 2.45) is 0 Å². The average Bonchev–Trinajstić information content (AvgIpc) is 2.67. The molecule has 1 amide bonds. The molecule has 1 unspecified atom stereocenters. The summed E-state index contributed by atoms with van der Waals surface area (Å²) < 4.78 is 19.3. The molecule has 0 saturated carbocycles. The lowest BCUT2D eigenvalue weighted by atomic mass is 9.90. The van der Waals surface area contributed by atoms with Gasteiger partial charge in [0.25, 0.3) is 5.91 Å². The zero-order valence-electron chi connectivity index (χ0n) is 15.0. The fraction of sp³-hybridized carbons (Fsp3) is 0.381. The molecule has 2 aromatic carbocycles. The van der Waals surface area contributed by atoms with Crippen molar-refractivity contribution in [1.29, 1.82) is 0 Å². The minimum Gasteiger partial charge on any atom is -0.362 e. The number of amides is 1. The number of anilines is 1. The predicted octanol–water partition coefficient (Wildman–Crippen LogP) is 3.88. The number of ether oxygens (including phenoxy) is 1. The van der Waals surface area contributed by atoms with E-state index in [1.54, 1.807) is 17.0 Å². The van der Waals surface area contributed by atoms with Gasteiger partial charge in [-0.3, -0.25) is 9.69 Å². The molecule has 2 aromatic rings. The van der Waals surface area contributed by atoms with Gasteiger partial charge >= 0.3 is 0 Å². The zero-order chi connectivity index (χ0) is 18.9. The number of carbonyl (C=O) groups excluding carboxylic acids is 1. The molecule has 6 heteroatoms. The van der Waals surface area contributed by atoms with Gasteiger partial charge in [-0.1, -0.05) is 23.7 Å². The summed E-state index contributed by atoms with van der Waals surface area (Å²) in [7, 11) is 0. The summed E-state index contributed by atoms with van der Waals surface area (Å²) in [5.41, 5.74) is 1.55. The minimum atomic E-state index is -0.382. The molecular weight excluding hydrogens is 367 g/mol. The molecule has 2 heterocycles. The van der Waals surface area contributed by atoms with Crippen LogP contribution in [0.5, 0.6) is 0 Å². The standard InChI is InChI=1S/C21H22ClFN2O2/c22-17-4-2-16(3-5-17)12-24-11-1-10-21(14-24)15-25(20(26)13-27-21)19-8-6-18(23)7-9-19/h2-9H,1,10-15H2. The Hall–Kier alpha value is -1.95. The highest BCUT2D eigenvalue weighted by molar-refractivity contribution is 6.30. The largest absolute Gasteiger partial charge is 0.362 e. The number of rotatable bonds is 3. The van der Waals surface area contributed by atoms with Gasteiger partial charge in [-0.05, 0) is 61.3 Å². The van der Waals surface area contributed by atoms with Crippen molar-refractivity contribution in [3.63, 3.8) is 0 Å². The van der Waals surface area contributed by atoms with Crippen molar-refractivity contribution in [2.45, 2.75) is 25.0 Å². The Bertz CT molecular complexity index is 812. The second kappa shape index (κ2) is 7.58. The van der Waals surface area contributed by atoms with Gasteiger partial charge < -0.3 is 9.64 Å². The highest BCUT2D eigenvalue weighted by Gasteiger charge is 2.43. The van der Waals surface area contributed by atoms with Gasteiger partial charge in [0.2, 0.25) is 0 Å². The van der Waals surface area contributed by atoms with Crippen LogP contribution >= 0.6 is 11.6 Å². The van der Waals surface area contributed by atoms with Crippen LogP contribution in [0.1, 0.15) is 18.4 Å². The van der Waals surface area contributed by atoms with Gasteiger partial charge in [0, 0.05) is 23.8 Å². The summed E-state index contributed by atoms with van der Waals surface area (Å²) in [5.74, 6) is -0.386. The number of nitrogens with zero attached hydrogens (tertiary/aromatic N) is 2. The Balaban J connectivity index is 1.48. The van der Waals surface area contributed by atoms with Gasteiger partial charge in [0.15, 0.2) is 0 Å². The summed E-state index contributed by atoms with van der Waals surface area (Å²) >= 11 is 5.97. The van der Waals surface area contributed by atoms with Gasteiger partial charge in [0.05, 0.1) is 12.1 Å². The number of morpholine rings is 1. The van der Waals surface area contributed by atoms with Gasteiger partial charge in [-0.15, -0.1) is 0 Å². The molecule has 0 aliphatic carbocycles. The molecule has 2 aliphatic rings. The zero-order valence-corrected chi connectivity index (χ0v) is 15.8. The number of carbonyl (C=O) groups is 1. The van der Waals surface area contributed by atoms with Crippen molar-refractivity contribution in [1.82, 2.24) is 4.90 Å². The maximum Gasteiger partial charge on any atom is 0.253 e. The molecule has 0 N–H and O–H groups in total. The molecule has 1 atom stereocenters. The first-order chi connectivity index (χ1) is 13.0. The lowest BCUT2D eigenvalue weighted by Gasteiger charge is -2.47. The molecule has 4 nitrogen and oxygen atoms in total. The molecule has 2 fully saturated rings. The molecule has 0 aromatic heterocycles. The number of halogens is 2. The first-order valence-corrected chi connectivity index (χ1v) is 9.58. The van der Waals surface area contributed by atoms with E-state index < -0.39 is 0 Å². The number of hydrogen-bond donors (Lipinski definition) is 0. The molecule has 27 heavy (non-hydrogen) atoms. The maximum atomic E-state index is 13.2. The van der Waals surface area contributed by atoms with Crippen LogP contribution in [0.4, 0.5) is 10.1 Å². The summed E-state index contributed by atoms with van der Waals surface area (Å²) in [6.07, 6.45) is 1.92. The summed E-state index contributed by atoms with van der Waals surface area (Å²) in [6.45, 7) is 3.15. The molecule has 0 radical (unpaired) electrons. The quantitative estimate of drug-likeness (QED) is 0.800. The van der Waals surface area contributed by atoms with Crippen LogP contribution in [0.15, 0.2) is 48.5 Å². The topological polar surface area (TPSA) is 32.8 Å². The Morgan fingerprint density at radius 3 is 2.56 bits per heavy atom. The van der Waals surface area contributed by atoms with Crippen molar-refractivity contribution >= 4 is 23.2 Å². The van der Waals surface area contributed by atoms with E-state index in [-0.39, 0.29) is 23.9 Å². The van der Waals surface area contributed by atoms with Crippen molar-refractivity contribution in [3.05, 3.63) is 64.9 Å². The van der Waals surface area contributed by atoms with E-state index in [0.717, 1.165) is 43.2 Å². The Labute approximate surface area is 163 Å². The predicted molar refractivity (Wildman–Crippen MR) is 103 cm³/mol. The van der Waals surface area contributed by atoms with Crippen LogP contribution in [0.3, 0.4) is 0 Å². The Kier molecular flexibility index (Phi) is 5.17. The van der Waals surface area contributed by atoms with Gasteiger partial charge in [0.1, 0.15) is 12.4 Å². The monoisotopic (exact) mass is 388 g/mol. The van der Waals surface area contributed by atoms with Crippen LogP contribution in [-0.4, -0.2) is 42.6 Å². The van der Waals surface area contributed by atoms with Crippen LogP contribution < -0.4 is 4.90 Å². The number of benzene rings is 2. The maximum absolute atomic E-state index is 13.2. The summed E-state index contributed by atoms with van der Waals surface area (Å²) in [4.78, 5) is 16.5. The van der Waals surface area contributed by atoms with Crippen LogP contribution in [0.25, 0.3) is 0 Å². The third-order valence-corrected chi connectivity index (χ3v) is 5.58. The third kappa shape index (κ3) is 4.15. The van der Waals surface area contributed by atoms with E-state index in [1.165, 1.54) is 17.7 Å². The SMILES string of the molecule is O=C1COC2(CCCN(Cc3ccc(Cl)cc3)C2)CN1c1ccc(F)cc1. The van der Waals surface area contributed by atoms with Crippen LogP contribution in [-0.2, 0) is 16.1 Å². The number of hydrogen-bond acceptors (Lipinski definition) is 3. The van der Waals surface area contributed by atoms with E-state index in [9.17, 15) is 9.18 Å². The molecule has 142 valence electrons. The van der Waals surface area contributed by atoms with E-state index in [4.69, 9.17) is 16.3 Å². The first-order valence-electron chi connectivity index (χ1n) is 9.20. The fourth-order valence-electron chi connectivity index (χ4n) is 3.99. The lowest BCUT2D eigenvalue weighted by Crippen LogP contribution is -2.61. The van der Waals surface area contributed by atoms with E-state index in [0.29, 0.717) is 6.54 Å². The third-order valence-electron chi connectivity index (χ3n) is 5.33. The lowest BCUT2D eigenvalue weighted by molar-refractivity contribution is -0.146. The number of likely N-dealkylation sites (tertiary alicyclic amines) is 1. The van der Waals surface area contributed by atoms with Crippen LogP contribution in [0, 0.1) is 5.82 Å². The minimum absolute atomic E-state index is 0.0617. The Morgan fingerprint density at radius 2 is 1.81 bits per heavy atom. The van der Waals surface area contributed by atoms with Crippen molar-refractivity contribution < 1.29 is 13.9 Å². The average molecular weight is 389 g/mol. The molecule has 1 spiro atoms. The smallest absolute Gasteiger partial charge is 0.253 e.